The summed E-state index contributed by atoms with van der Waals surface area (Å²) in [5.74, 6) is 0.568. The van der Waals surface area contributed by atoms with Crippen LogP contribution in [0.2, 0.25) is 0 Å². The summed E-state index contributed by atoms with van der Waals surface area (Å²) in [5, 5.41) is 2.90. The van der Waals surface area contributed by atoms with Crippen LogP contribution < -0.4 is 19.9 Å². The van der Waals surface area contributed by atoms with Crippen molar-refractivity contribution < 1.29 is 27.6 Å². The van der Waals surface area contributed by atoms with Crippen molar-refractivity contribution in [2.45, 2.75) is 19.1 Å². The van der Waals surface area contributed by atoms with E-state index in [2.05, 4.69) is 5.32 Å². The van der Waals surface area contributed by atoms with Gasteiger partial charge in [0.25, 0.3) is 5.91 Å². The molecule has 0 radical (unpaired) electrons. The number of anilines is 2. The molecule has 0 unspecified atom stereocenters. The second-order valence-corrected chi connectivity index (χ2v) is 7.14. The monoisotopic (exact) mass is 408 g/mol. The highest BCUT2D eigenvalue weighted by Crippen LogP contribution is 2.31. The van der Waals surface area contributed by atoms with Gasteiger partial charge in [-0.15, -0.1) is 0 Å². The zero-order valence-corrected chi connectivity index (χ0v) is 16.4. The lowest BCUT2D eigenvalue weighted by Crippen LogP contribution is -3.19. The zero-order valence-electron chi connectivity index (χ0n) is 16.4. The fourth-order valence-electron chi connectivity index (χ4n) is 3.50. The van der Waals surface area contributed by atoms with E-state index in [9.17, 15) is 18.0 Å². The molecule has 1 amide bonds. The summed E-state index contributed by atoms with van der Waals surface area (Å²) in [5.41, 5.74) is 0.589. The van der Waals surface area contributed by atoms with Crippen molar-refractivity contribution in [3.8, 4) is 5.75 Å². The van der Waals surface area contributed by atoms with Gasteiger partial charge in [-0.25, -0.2) is 0 Å². The number of amides is 1. The summed E-state index contributed by atoms with van der Waals surface area (Å²) in [6.45, 7) is 4.39. The van der Waals surface area contributed by atoms with Crippen LogP contribution in [0.5, 0.6) is 5.75 Å². The van der Waals surface area contributed by atoms with E-state index in [0.717, 1.165) is 11.0 Å². The smallest absolute Gasteiger partial charge is 0.416 e. The molecule has 0 bridgehead atoms. The number of methoxy groups -OCH3 is 1. The number of piperazine rings is 1. The summed E-state index contributed by atoms with van der Waals surface area (Å²) in [6.07, 6.45) is -4.35. The Hall–Kier alpha value is -2.74. The van der Waals surface area contributed by atoms with Crippen molar-refractivity contribution in [2.75, 3.05) is 43.5 Å². The molecule has 8 heteroatoms. The topological polar surface area (TPSA) is 46.0 Å². The third-order valence-electron chi connectivity index (χ3n) is 5.29. The molecule has 0 aromatic heterocycles. The fraction of sp³-hybridized carbons (Fsp3) is 0.381. The third kappa shape index (κ3) is 5.20. The second kappa shape index (κ2) is 8.73. The van der Waals surface area contributed by atoms with E-state index in [-0.39, 0.29) is 11.9 Å². The number of rotatable bonds is 5. The van der Waals surface area contributed by atoms with Crippen molar-refractivity contribution in [1.29, 1.82) is 0 Å². The second-order valence-electron chi connectivity index (χ2n) is 7.14. The molecule has 5 nitrogen and oxygen atoms in total. The van der Waals surface area contributed by atoms with Crippen LogP contribution in [0.25, 0.3) is 0 Å². The number of quaternary nitrogens is 1. The number of nitrogens with zero attached hydrogens (tertiary/aromatic N) is 1. The minimum atomic E-state index is -4.35. The van der Waals surface area contributed by atoms with Crippen LogP contribution in [-0.2, 0) is 11.0 Å². The average Bonchev–Trinajstić information content (AvgIpc) is 2.73. The van der Waals surface area contributed by atoms with Crippen LogP contribution in [-0.4, -0.2) is 45.2 Å². The number of benzene rings is 2. The molecule has 2 aromatic rings. The summed E-state index contributed by atoms with van der Waals surface area (Å²) in [7, 11) is 1.57. The van der Waals surface area contributed by atoms with Gasteiger partial charge >= 0.3 is 6.18 Å². The average molecular weight is 408 g/mol. The predicted octanol–water partition coefficient (Wildman–Crippen LogP) is 2.45. The molecule has 1 fully saturated rings. The molecule has 2 N–H and O–H groups in total. The molecule has 2 aromatic carbocycles. The van der Waals surface area contributed by atoms with Gasteiger partial charge in [-0.1, -0.05) is 12.1 Å². The van der Waals surface area contributed by atoms with E-state index in [1.807, 2.05) is 11.8 Å². The van der Waals surface area contributed by atoms with Gasteiger partial charge in [-0.2, -0.15) is 13.2 Å². The molecule has 0 aliphatic carbocycles. The molecule has 1 heterocycles. The van der Waals surface area contributed by atoms with Gasteiger partial charge < -0.3 is 19.9 Å². The summed E-state index contributed by atoms with van der Waals surface area (Å²) in [6, 6.07) is 12.3. The van der Waals surface area contributed by atoms with Crippen LogP contribution in [0.4, 0.5) is 24.5 Å². The maximum absolute atomic E-state index is 12.9. The largest absolute Gasteiger partial charge is 0.497 e. The van der Waals surface area contributed by atoms with Crippen LogP contribution in [0, 0.1) is 0 Å². The Bertz CT molecular complexity index is 849. The van der Waals surface area contributed by atoms with Gasteiger partial charge in [-0.3, -0.25) is 4.79 Å². The Morgan fingerprint density at radius 2 is 1.83 bits per heavy atom. The minimum absolute atomic E-state index is 0.0965. The molecular formula is C21H25F3N3O2+. The number of nitrogens with one attached hydrogen (secondary N) is 2. The first-order chi connectivity index (χ1) is 13.8. The lowest BCUT2D eigenvalue weighted by Gasteiger charge is -2.36. The van der Waals surface area contributed by atoms with E-state index >= 15 is 0 Å². The van der Waals surface area contributed by atoms with Crippen LogP contribution in [0.1, 0.15) is 12.5 Å². The van der Waals surface area contributed by atoms with Gasteiger partial charge in [-0.05, 0) is 37.3 Å². The first-order valence-electron chi connectivity index (χ1n) is 9.49. The molecule has 0 spiro atoms. The fourth-order valence-corrected chi connectivity index (χ4v) is 3.50. The van der Waals surface area contributed by atoms with E-state index in [0.29, 0.717) is 43.3 Å². The highest BCUT2D eigenvalue weighted by atomic mass is 19.4. The molecule has 1 saturated heterocycles. The van der Waals surface area contributed by atoms with Crippen LogP contribution >= 0.6 is 0 Å². The van der Waals surface area contributed by atoms with Gasteiger partial charge in [0.15, 0.2) is 6.04 Å². The van der Waals surface area contributed by atoms with Gasteiger partial charge in [0.05, 0.1) is 38.9 Å². The maximum atomic E-state index is 12.9. The number of hydrogen-bond acceptors (Lipinski definition) is 3. The Morgan fingerprint density at radius 3 is 2.48 bits per heavy atom. The van der Waals surface area contributed by atoms with E-state index in [4.69, 9.17) is 4.74 Å². The van der Waals surface area contributed by atoms with Crippen molar-refractivity contribution >= 4 is 17.3 Å². The minimum Gasteiger partial charge on any atom is -0.497 e. The highest BCUT2D eigenvalue weighted by molar-refractivity contribution is 5.93. The van der Waals surface area contributed by atoms with Crippen LogP contribution in [0.3, 0.4) is 0 Å². The van der Waals surface area contributed by atoms with Crippen molar-refractivity contribution in [3.05, 3.63) is 54.1 Å². The summed E-state index contributed by atoms with van der Waals surface area (Å²) in [4.78, 5) is 15.6. The molecule has 3 rings (SSSR count). The number of ether oxygens (including phenoxy) is 1. The molecular weight excluding hydrogens is 383 g/mol. The third-order valence-corrected chi connectivity index (χ3v) is 5.29. The first kappa shape index (κ1) is 21.0. The Morgan fingerprint density at radius 1 is 1.14 bits per heavy atom. The lowest BCUT2D eigenvalue weighted by molar-refractivity contribution is -0.914. The quantitative estimate of drug-likeness (QED) is 0.799. The number of alkyl halides is 3. The standard InChI is InChI=1S/C21H24F3N3O2/c1-15(20(28)25-17-6-4-8-19(14-17)29-2)26-9-11-27(12-10-26)18-7-3-5-16(13-18)21(22,23)24/h3-8,13-15H,9-12H2,1-2H3,(H,25,28)/p+1/t15-/m1/s1. The van der Waals surface area contributed by atoms with E-state index in [1.165, 1.54) is 12.1 Å². The highest BCUT2D eigenvalue weighted by Gasteiger charge is 2.32. The number of hydrogen-bond donors (Lipinski definition) is 2. The predicted molar refractivity (Wildman–Crippen MR) is 105 cm³/mol. The summed E-state index contributed by atoms with van der Waals surface area (Å²) < 4.78 is 44.0. The molecule has 0 saturated carbocycles. The van der Waals surface area contributed by atoms with E-state index < -0.39 is 11.7 Å². The number of carbonyl (C=O) groups excluding carboxylic acids is 1. The Labute approximate surface area is 168 Å². The molecule has 156 valence electrons. The van der Waals surface area contributed by atoms with Gasteiger partial charge in [0.1, 0.15) is 5.75 Å². The SMILES string of the molecule is COc1cccc(NC(=O)[C@@H](C)[NH+]2CCN(c3cccc(C(F)(F)F)c3)CC2)c1. The van der Waals surface area contributed by atoms with Crippen molar-refractivity contribution in [2.24, 2.45) is 0 Å². The Balaban J connectivity index is 1.58. The number of halogens is 3. The molecule has 1 atom stereocenters. The maximum Gasteiger partial charge on any atom is 0.416 e. The van der Waals surface area contributed by atoms with Gasteiger partial charge in [0.2, 0.25) is 0 Å². The van der Waals surface area contributed by atoms with Gasteiger partial charge in [0, 0.05) is 17.4 Å². The molecule has 29 heavy (non-hydrogen) atoms. The van der Waals surface area contributed by atoms with Crippen molar-refractivity contribution in [1.82, 2.24) is 0 Å². The lowest BCUT2D eigenvalue weighted by atomic mass is 10.1. The molecule has 1 aliphatic heterocycles. The first-order valence-corrected chi connectivity index (χ1v) is 9.49. The zero-order chi connectivity index (χ0) is 21.0. The Kier molecular flexibility index (Phi) is 6.32. The normalized spacial score (nSPS) is 16.4. The number of carbonyl (C=O) groups is 1. The van der Waals surface area contributed by atoms with Crippen LogP contribution in [0.15, 0.2) is 48.5 Å². The van der Waals surface area contributed by atoms with Crippen molar-refractivity contribution in [3.63, 3.8) is 0 Å². The molecule has 1 aliphatic rings. The van der Waals surface area contributed by atoms with E-state index in [1.54, 1.807) is 37.4 Å². The summed E-state index contributed by atoms with van der Waals surface area (Å²) >= 11 is 0.